The molecule has 2 nitrogen and oxygen atoms in total. The molecule has 0 aliphatic carbocycles. The molecule has 0 saturated carbocycles. The van der Waals surface area contributed by atoms with E-state index in [2.05, 4.69) is 23.5 Å². The number of carbonyl (C=O) groups is 1. The van der Waals surface area contributed by atoms with E-state index in [1.165, 1.54) is 5.56 Å². The zero-order chi connectivity index (χ0) is 14.4. The zero-order valence-electron chi connectivity index (χ0n) is 11.9. The predicted octanol–water partition coefficient (Wildman–Crippen LogP) is 4.37. The van der Waals surface area contributed by atoms with E-state index in [0.29, 0.717) is 0 Å². The van der Waals surface area contributed by atoms with Crippen molar-refractivity contribution in [2.24, 2.45) is 0 Å². The Bertz CT molecular complexity index is 615. The smallest absolute Gasteiger partial charge is 0.150 e. The van der Waals surface area contributed by atoms with Gasteiger partial charge in [-0.15, -0.1) is 0 Å². The topological polar surface area (TPSA) is 29.1 Å². The highest BCUT2D eigenvalue weighted by Crippen LogP contribution is 2.15. The van der Waals surface area contributed by atoms with Crippen LogP contribution in [0, 0.1) is 6.92 Å². The number of benzene rings is 2. The summed E-state index contributed by atoms with van der Waals surface area (Å²) in [5.41, 5.74) is 5.13. The minimum absolute atomic E-state index is 0.737. The largest absolute Gasteiger partial charge is 0.359 e. The maximum atomic E-state index is 10.8. The molecule has 0 atom stereocenters. The normalized spacial score (nSPS) is 11.2. The van der Waals surface area contributed by atoms with Gasteiger partial charge < -0.3 is 5.32 Å². The highest BCUT2D eigenvalue weighted by atomic mass is 16.1. The Kier molecular flexibility index (Phi) is 4.72. The van der Waals surface area contributed by atoms with Gasteiger partial charge in [0, 0.05) is 16.9 Å². The Morgan fingerprint density at radius 3 is 2.55 bits per heavy atom. The molecule has 0 aliphatic rings. The molecule has 0 saturated heterocycles. The monoisotopic (exact) mass is 265 g/mol. The number of aryl methyl sites for hydroxylation is 1. The highest BCUT2D eigenvalue weighted by molar-refractivity contribution is 5.78. The van der Waals surface area contributed by atoms with Gasteiger partial charge in [-0.25, -0.2) is 0 Å². The lowest BCUT2D eigenvalue weighted by Gasteiger charge is -2.09. The molecule has 0 bridgehead atoms. The first-order valence-corrected chi connectivity index (χ1v) is 6.72. The molecule has 2 aromatic rings. The van der Waals surface area contributed by atoms with E-state index < -0.39 is 0 Å². The molecule has 0 amide bonds. The van der Waals surface area contributed by atoms with Crippen LogP contribution in [0.25, 0.3) is 0 Å². The number of nitrogens with one attached hydrogen (secondary N) is 1. The van der Waals surface area contributed by atoms with Gasteiger partial charge in [-0.1, -0.05) is 36.4 Å². The van der Waals surface area contributed by atoms with Crippen LogP contribution in [0.1, 0.15) is 28.4 Å². The molecule has 20 heavy (non-hydrogen) atoms. The first kappa shape index (κ1) is 14.1. The molecule has 0 fully saturated rings. The van der Waals surface area contributed by atoms with Crippen LogP contribution < -0.4 is 5.32 Å². The Labute approximate surface area is 120 Å². The van der Waals surface area contributed by atoms with E-state index in [4.69, 9.17) is 0 Å². The molecule has 0 radical (unpaired) electrons. The summed E-state index contributed by atoms with van der Waals surface area (Å²) in [7, 11) is 0. The fourth-order valence-electron chi connectivity index (χ4n) is 2.05. The number of aldehydes is 1. The van der Waals surface area contributed by atoms with Crippen LogP contribution in [0.5, 0.6) is 0 Å². The van der Waals surface area contributed by atoms with E-state index in [0.717, 1.165) is 35.2 Å². The molecule has 1 N–H and O–H groups in total. The minimum atomic E-state index is 0.737. The van der Waals surface area contributed by atoms with Crippen molar-refractivity contribution in [2.75, 3.05) is 5.32 Å². The molecular formula is C18H19NO. The molecule has 102 valence electrons. The van der Waals surface area contributed by atoms with Gasteiger partial charge in [0.05, 0.1) is 0 Å². The van der Waals surface area contributed by atoms with Crippen molar-refractivity contribution in [3.63, 3.8) is 0 Å². The Morgan fingerprint density at radius 2 is 1.90 bits per heavy atom. The second-order valence-electron chi connectivity index (χ2n) is 4.89. The summed E-state index contributed by atoms with van der Waals surface area (Å²) >= 11 is 0. The van der Waals surface area contributed by atoms with E-state index >= 15 is 0 Å². The lowest BCUT2D eigenvalue weighted by atomic mass is 10.1. The molecule has 0 unspecified atom stereocenters. The summed E-state index contributed by atoms with van der Waals surface area (Å²) in [6.45, 7) is 3.99. The van der Waals surface area contributed by atoms with Gasteiger partial charge in [0.25, 0.3) is 0 Å². The first-order chi connectivity index (χ1) is 9.69. The molecule has 0 spiro atoms. The second kappa shape index (κ2) is 6.71. The molecule has 0 heterocycles. The standard InChI is InChI=1S/C18H19NO/c1-14-12-18(11-10-17(14)13-20)19-15(2)8-9-16-6-4-3-5-7-16/h3-8,10-13,19H,9H2,1-2H3/b15-8+. The maximum absolute atomic E-state index is 10.8. The summed E-state index contributed by atoms with van der Waals surface area (Å²) in [5, 5.41) is 3.35. The van der Waals surface area contributed by atoms with Crippen LogP contribution in [-0.4, -0.2) is 6.29 Å². The van der Waals surface area contributed by atoms with E-state index in [9.17, 15) is 4.79 Å². The third-order valence-corrected chi connectivity index (χ3v) is 3.23. The summed E-state index contributed by atoms with van der Waals surface area (Å²) in [5.74, 6) is 0. The van der Waals surface area contributed by atoms with Gasteiger partial charge >= 0.3 is 0 Å². The van der Waals surface area contributed by atoms with Crippen LogP contribution in [0.15, 0.2) is 60.3 Å². The van der Waals surface area contributed by atoms with Crippen molar-refractivity contribution in [1.82, 2.24) is 0 Å². The Morgan fingerprint density at radius 1 is 1.15 bits per heavy atom. The Hall–Kier alpha value is -2.35. The average molecular weight is 265 g/mol. The van der Waals surface area contributed by atoms with Crippen LogP contribution >= 0.6 is 0 Å². The van der Waals surface area contributed by atoms with Gasteiger partial charge in [0.2, 0.25) is 0 Å². The predicted molar refractivity (Wildman–Crippen MR) is 84.1 cm³/mol. The van der Waals surface area contributed by atoms with Crippen molar-refractivity contribution in [3.8, 4) is 0 Å². The van der Waals surface area contributed by atoms with E-state index in [1.807, 2.05) is 50.2 Å². The van der Waals surface area contributed by atoms with E-state index in [-0.39, 0.29) is 0 Å². The summed E-state index contributed by atoms with van der Waals surface area (Å²) in [4.78, 5) is 10.8. The first-order valence-electron chi connectivity index (χ1n) is 6.72. The second-order valence-corrected chi connectivity index (χ2v) is 4.89. The molecule has 0 aliphatic heterocycles. The molecule has 0 aromatic heterocycles. The third kappa shape index (κ3) is 3.82. The zero-order valence-corrected chi connectivity index (χ0v) is 11.9. The minimum Gasteiger partial charge on any atom is -0.359 e. The van der Waals surface area contributed by atoms with Crippen LogP contribution in [0.2, 0.25) is 0 Å². The molecular weight excluding hydrogens is 246 g/mol. The van der Waals surface area contributed by atoms with Gasteiger partial charge in [-0.3, -0.25) is 4.79 Å². The van der Waals surface area contributed by atoms with Gasteiger partial charge in [0.1, 0.15) is 6.29 Å². The molecule has 2 rings (SSSR count). The van der Waals surface area contributed by atoms with Crippen molar-refractivity contribution in [1.29, 1.82) is 0 Å². The number of hydrogen-bond acceptors (Lipinski definition) is 2. The van der Waals surface area contributed by atoms with Crippen molar-refractivity contribution in [3.05, 3.63) is 77.0 Å². The van der Waals surface area contributed by atoms with E-state index in [1.54, 1.807) is 0 Å². The summed E-state index contributed by atoms with van der Waals surface area (Å²) in [6.07, 6.45) is 3.96. The number of allylic oxidation sites excluding steroid dienone is 2. The number of anilines is 1. The lowest BCUT2D eigenvalue weighted by Crippen LogP contribution is -1.98. The van der Waals surface area contributed by atoms with Crippen molar-refractivity contribution >= 4 is 12.0 Å². The fraction of sp³-hybridized carbons (Fsp3) is 0.167. The summed E-state index contributed by atoms with van der Waals surface area (Å²) in [6, 6.07) is 16.1. The maximum Gasteiger partial charge on any atom is 0.150 e. The van der Waals surface area contributed by atoms with Crippen molar-refractivity contribution in [2.45, 2.75) is 20.3 Å². The number of carbonyl (C=O) groups excluding carboxylic acids is 1. The number of rotatable bonds is 5. The fourth-order valence-corrected chi connectivity index (χ4v) is 2.05. The van der Waals surface area contributed by atoms with Crippen LogP contribution in [0.3, 0.4) is 0 Å². The SMILES string of the molecule is C/C(=C\Cc1ccccc1)Nc1ccc(C=O)c(C)c1. The third-order valence-electron chi connectivity index (χ3n) is 3.23. The van der Waals surface area contributed by atoms with Crippen LogP contribution in [0.4, 0.5) is 5.69 Å². The van der Waals surface area contributed by atoms with Gasteiger partial charge in [-0.05, 0) is 49.6 Å². The average Bonchev–Trinajstić information content (AvgIpc) is 2.46. The Balaban J connectivity index is 2.02. The number of hydrogen-bond donors (Lipinski definition) is 1. The lowest BCUT2D eigenvalue weighted by molar-refractivity contribution is 0.112. The molecule has 2 heteroatoms. The van der Waals surface area contributed by atoms with Crippen molar-refractivity contribution < 1.29 is 4.79 Å². The summed E-state index contributed by atoms with van der Waals surface area (Å²) < 4.78 is 0. The van der Waals surface area contributed by atoms with Crippen LogP contribution in [-0.2, 0) is 6.42 Å². The van der Waals surface area contributed by atoms with Gasteiger partial charge in [-0.2, -0.15) is 0 Å². The molecule has 2 aromatic carbocycles. The van der Waals surface area contributed by atoms with Gasteiger partial charge in [0.15, 0.2) is 0 Å². The quantitative estimate of drug-likeness (QED) is 0.813. The highest BCUT2D eigenvalue weighted by Gasteiger charge is 1.99.